The van der Waals surface area contributed by atoms with Gasteiger partial charge in [0, 0.05) is 24.5 Å². The van der Waals surface area contributed by atoms with Gasteiger partial charge < -0.3 is 30.9 Å². The minimum Gasteiger partial charge on any atom is -0.508 e. The summed E-state index contributed by atoms with van der Waals surface area (Å²) in [6.07, 6.45) is 0.387. The van der Waals surface area contributed by atoms with Crippen molar-refractivity contribution >= 4 is 35.1 Å². The molecule has 5 atom stereocenters. The number of carboxylic acid groups (broad SMARTS) is 1. The third kappa shape index (κ3) is 3.56. The van der Waals surface area contributed by atoms with E-state index < -0.39 is 64.2 Å². The molecule has 5 rings (SSSR count). The molecule has 3 aliphatic carbocycles. The largest absolute Gasteiger partial charge is 0.508 e. The number of phenols is 1. The van der Waals surface area contributed by atoms with Crippen LogP contribution >= 0.6 is 0 Å². The number of ketones is 2. The number of methoxy groups -OCH3 is 1. The van der Waals surface area contributed by atoms with Gasteiger partial charge in [0.1, 0.15) is 28.8 Å². The Morgan fingerprint density at radius 2 is 1.73 bits per heavy atom. The van der Waals surface area contributed by atoms with Crippen LogP contribution in [-0.4, -0.2) is 62.7 Å². The number of carbonyl (C=O) groups is 4. The molecular formula is C30H27NO9. The molecule has 10 heteroatoms. The average molecular weight is 546 g/mol. The van der Waals surface area contributed by atoms with E-state index in [9.17, 15) is 39.6 Å². The Labute approximate surface area is 228 Å². The van der Waals surface area contributed by atoms with E-state index in [1.165, 1.54) is 32.2 Å². The minimum absolute atomic E-state index is 0.00238. The molecule has 1 unspecified atom stereocenters. The number of amides is 1. The zero-order chi connectivity index (χ0) is 29.3. The fourth-order valence-corrected chi connectivity index (χ4v) is 6.61. The first kappa shape index (κ1) is 27.0. The number of ether oxygens (including phenoxy) is 1. The van der Waals surface area contributed by atoms with Gasteiger partial charge in [-0.15, -0.1) is 0 Å². The summed E-state index contributed by atoms with van der Waals surface area (Å²) in [6.45, 7) is 3.14. The van der Waals surface area contributed by atoms with E-state index in [1.54, 1.807) is 37.3 Å². The van der Waals surface area contributed by atoms with Gasteiger partial charge in [-0.3, -0.25) is 14.4 Å². The molecule has 0 saturated carbocycles. The standard InChI is InChI=1S/C30H27NO9/c1-12-19-17(11-14-7-9-15(10-8-14)29(37)38)16-5-4-6-18(32)21(16)24(33)20(19)13(2)30(39)23(12)26(40-3)25(34)22(27(30)35)28(31)36/h4-12,19,23,26,32,35,39H,1-3H3,(H2,31,36)(H,37,38)/b17-11+/t12?,19-,23+,26+,30-/m1/s1. The summed E-state index contributed by atoms with van der Waals surface area (Å²) in [5, 5.41) is 43.3. The lowest BCUT2D eigenvalue weighted by atomic mass is 9.52. The van der Waals surface area contributed by atoms with Crippen molar-refractivity contribution in [2.24, 2.45) is 23.5 Å². The zero-order valence-electron chi connectivity index (χ0n) is 21.8. The molecule has 0 saturated heterocycles. The van der Waals surface area contributed by atoms with Gasteiger partial charge in [-0.05, 0) is 53.3 Å². The lowest BCUT2D eigenvalue weighted by Gasteiger charge is -2.53. The highest BCUT2D eigenvalue weighted by Gasteiger charge is 2.63. The molecule has 0 bridgehead atoms. The van der Waals surface area contributed by atoms with Crippen molar-refractivity contribution in [3.63, 3.8) is 0 Å². The number of hydrogen-bond acceptors (Lipinski definition) is 8. The highest BCUT2D eigenvalue weighted by atomic mass is 16.5. The fraction of sp³-hybridized carbons (Fsp3) is 0.267. The van der Waals surface area contributed by atoms with Crippen molar-refractivity contribution in [2.45, 2.75) is 25.6 Å². The second-order valence-corrected chi connectivity index (χ2v) is 10.3. The van der Waals surface area contributed by atoms with E-state index >= 15 is 0 Å². The normalized spacial score (nSPS) is 28.8. The lowest BCUT2D eigenvalue weighted by molar-refractivity contribution is -0.148. The van der Waals surface area contributed by atoms with Gasteiger partial charge in [0.15, 0.2) is 5.78 Å². The molecule has 6 N–H and O–H groups in total. The van der Waals surface area contributed by atoms with Crippen molar-refractivity contribution in [3.05, 3.63) is 87.2 Å². The van der Waals surface area contributed by atoms with E-state index in [0.717, 1.165) is 0 Å². The van der Waals surface area contributed by atoms with Gasteiger partial charge in [0.2, 0.25) is 5.78 Å². The molecule has 1 amide bonds. The number of rotatable bonds is 4. The summed E-state index contributed by atoms with van der Waals surface area (Å²) in [7, 11) is 1.24. The maximum atomic E-state index is 14.0. The summed E-state index contributed by atoms with van der Waals surface area (Å²) in [5.74, 6) is -7.59. The van der Waals surface area contributed by atoms with Crippen LogP contribution < -0.4 is 5.73 Å². The van der Waals surface area contributed by atoms with Crippen LogP contribution in [0.25, 0.3) is 11.6 Å². The summed E-state index contributed by atoms with van der Waals surface area (Å²) < 4.78 is 5.48. The van der Waals surface area contributed by atoms with Gasteiger partial charge in [0.05, 0.1) is 11.1 Å². The van der Waals surface area contributed by atoms with Crippen LogP contribution in [0.3, 0.4) is 0 Å². The number of allylic oxidation sites excluding steroid dienone is 2. The van der Waals surface area contributed by atoms with Gasteiger partial charge in [-0.2, -0.15) is 0 Å². The van der Waals surface area contributed by atoms with Crippen LogP contribution in [0.15, 0.2) is 64.9 Å². The first-order valence-electron chi connectivity index (χ1n) is 12.5. The Bertz CT molecular complexity index is 1600. The molecule has 0 fully saturated rings. The van der Waals surface area contributed by atoms with E-state index in [-0.39, 0.29) is 28.0 Å². The molecule has 2 aromatic rings. The molecular weight excluding hydrogens is 518 g/mol. The number of aromatic carboxylic acids is 1. The van der Waals surface area contributed by atoms with Crippen LogP contribution in [-0.2, 0) is 14.3 Å². The number of carboxylic acids is 1. The Hall–Kier alpha value is -4.54. The quantitative estimate of drug-likeness (QED) is 0.360. The molecule has 2 aromatic carbocycles. The molecule has 0 heterocycles. The smallest absolute Gasteiger partial charge is 0.335 e. The molecule has 206 valence electrons. The van der Waals surface area contributed by atoms with Crippen LogP contribution in [0, 0.1) is 17.8 Å². The maximum Gasteiger partial charge on any atom is 0.335 e. The van der Waals surface area contributed by atoms with E-state index in [0.29, 0.717) is 16.7 Å². The number of benzene rings is 2. The lowest BCUT2D eigenvalue weighted by Crippen LogP contribution is -2.62. The second kappa shape index (κ2) is 9.29. The Morgan fingerprint density at radius 3 is 2.30 bits per heavy atom. The number of aliphatic hydroxyl groups is 2. The monoisotopic (exact) mass is 545 g/mol. The maximum absolute atomic E-state index is 14.0. The number of aromatic hydroxyl groups is 1. The van der Waals surface area contributed by atoms with E-state index in [1.807, 2.05) is 0 Å². The van der Waals surface area contributed by atoms with Gasteiger partial charge in [-0.1, -0.05) is 37.3 Å². The Balaban J connectivity index is 1.84. The number of primary amides is 1. The summed E-state index contributed by atoms with van der Waals surface area (Å²) in [6, 6.07) is 10.7. The molecule has 0 aliphatic heterocycles. The highest BCUT2D eigenvalue weighted by Crippen LogP contribution is 2.58. The number of Topliss-reactive ketones (excluding diaryl/α,β-unsaturated/α-hetero) is 2. The zero-order valence-corrected chi connectivity index (χ0v) is 21.8. The second-order valence-electron chi connectivity index (χ2n) is 10.3. The van der Waals surface area contributed by atoms with Gasteiger partial charge >= 0.3 is 5.97 Å². The number of phenolic OH excluding ortho intramolecular Hbond substituents is 1. The molecule has 40 heavy (non-hydrogen) atoms. The molecule has 10 nitrogen and oxygen atoms in total. The predicted octanol–water partition coefficient (Wildman–Crippen LogP) is 2.65. The Kier molecular flexibility index (Phi) is 6.28. The Morgan fingerprint density at radius 1 is 1.07 bits per heavy atom. The van der Waals surface area contributed by atoms with E-state index in [4.69, 9.17) is 10.5 Å². The highest BCUT2D eigenvalue weighted by molar-refractivity contribution is 6.23. The predicted molar refractivity (Wildman–Crippen MR) is 142 cm³/mol. The summed E-state index contributed by atoms with van der Waals surface area (Å²) in [5.41, 5.74) is 4.04. The summed E-state index contributed by atoms with van der Waals surface area (Å²) >= 11 is 0. The van der Waals surface area contributed by atoms with Crippen molar-refractivity contribution < 1.29 is 44.3 Å². The molecule has 3 aliphatic rings. The van der Waals surface area contributed by atoms with E-state index in [2.05, 4.69) is 0 Å². The number of aliphatic hydroxyl groups excluding tert-OH is 1. The van der Waals surface area contributed by atoms with Crippen LogP contribution in [0.5, 0.6) is 5.75 Å². The first-order valence-corrected chi connectivity index (χ1v) is 12.5. The van der Waals surface area contributed by atoms with Crippen LogP contribution in [0.2, 0.25) is 0 Å². The minimum atomic E-state index is -2.34. The number of carbonyl (C=O) groups excluding carboxylic acids is 3. The van der Waals surface area contributed by atoms with Crippen molar-refractivity contribution in [1.29, 1.82) is 0 Å². The number of fused-ring (bicyclic) bond motifs is 3. The number of hydrogen-bond donors (Lipinski definition) is 5. The van der Waals surface area contributed by atoms with Crippen molar-refractivity contribution in [2.75, 3.05) is 7.11 Å². The molecule has 0 aromatic heterocycles. The molecule has 0 radical (unpaired) electrons. The van der Waals surface area contributed by atoms with Crippen LogP contribution in [0.4, 0.5) is 0 Å². The first-order chi connectivity index (χ1) is 18.9. The van der Waals surface area contributed by atoms with Crippen molar-refractivity contribution in [3.8, 4) is 5.75 Å². The molecule has 0 spiro atoms. The third-order valence-corrected chi connectivity index (χ3v) is 8.43. The SMILES string of the molecule is CO[C@@H]1C(=O)C(C(N)=O)=C(O)[C@@]2(O)C(C)=C3C(=O)c4c(O)cccc4/C(=C\c4ccc(C(=O)O)cc4)[C@H]3C(C)[C@@H]12. The van der Waals surface area contributed by atoms with Crippen LogP contribution in [0.1, 0.15) is 45.7 Å². The number of nitrogens with two attached hydrogens (primary N) is 1. The topological polar surface area (TPSA) is 184 Å². The summed E-state index contributed by atoms with van der Waals surface area (Å²) in [4.78, 5) is 50.8. The van der Waals surface area contributed by atoms with Gasteiger partial charge in [0.25, 0.3) is 5.91 Å². The van der Waals surface area contributed by atoms with Gasteiger partial charge in [-0.25, -0.2) is 4.79 Å². The fourth-order valence-electron chi connectivity index (χ4n) is 6.61. The van der Waals surface area contributed by atoms with Crippen molar-refractivity contribution in [1.82, 2.24) is 0 Å². The third-order valence-electron chi connectivity index (χ3n) is 8.43. The average Bonchev–Trinajstić information content (AvgIpc) is 2.90.